The van der Waals surface area contributed by atoms with Gasteiger partial charge in [-0.3, -0.25) is 10.4 Å². The first kappa shape index (κ1) is 11.6. The lowest BCUT2D eigenvalue weighted by Gasteiger charge is -2.20. The minimum atomic E-state index is 0.223. The molecular formula is C10H13ClN4S. The third-order valence-electron chi connectivity index (χ3n) is 2.62. The third-order valence-corrected chi connectivity index (χ3v) is 3.24. The second-order valence-electron chi connectivity index (χ2n) is 3.80. The molecule has 0 aliphatic heterocycles. The van der Waals surface area contributed by atoms with Gasteiger partial charge in [0.15, 0.2) is 0 Å². The van der Waals surface area contributed by atoms with Crippen LogP contribution in [0.3, 0.4) is 0 Å². The molecule has 2 rings (SSSR count). The molecule has 1 aromatic carbocycles. The average molecular weight is 257 g/mol. The van der Waals surface area contributed by atoms with Gasteiger partial charge in [0.2, 0.25) is 5.11 Å². The summed E-state index contributed by atoms with van der Waals surface area (Å²) in [4.78, 5) is 0. The molecule has 5 N–H and O–H groups in total. The molecule has 86 valence electrons. The summed E-state index contributed by atoms with van der Waals surface area (Å²) < 4.78 is 0. The van der Waals surface area contributed by atoms with Gasteiger partial charge < -0.3 is 0 Å². The Balaban J connectivity index is 2.24. The normalized spacial score (nSPS) is 14.7. The van der Waals surface area contributed by atoms with Gasteiger partial charge in [-0.2, -0.15) is 0 Å². The summed E-state index contributed by atoms with van der Waals surface area (Å²) in [7, 11) is 0. The van der Waals surface area contributed by atoms with Crippen LogP contribution in [0.2, 0.25) is 5.02 Å². The van der Waals surface area contributed by atoms with Crippen LogP contribution in [0.5, 0.6) is 0 Å². The largest absolute Gasteiger partial charge is 0.299 e. The second kappa shape index (κ2) is 4.55. The first-order chi connectivity index (χ1) is 7.63. The van der Waals surface area contributed by atoms with Crippen molar-refractivity contribution in [2.45, 2.75) is 18.8 Å². The number of nitrogens with two attached hydrogens (primary N) is 2. The molecule has 0 heterocycles. The minimum absolute atomic E-state index is 0.223. The van der Waals surface area contributed by atoms with Crippen LogP contribution in [-0.2, 0) is 0 Å². The van der Waals surface area contributed by atoms with Crippen molar-refractivity contribution in [3.63, 3.8) is 0 Å². The maximum absolute atomic E-state index is 6.15. The van der Waals surface area contributed by atoms with E-state index in [0.717, 1.165) is 0 Å². The van der Waals surface area contributed by atoms with Gasteiger partial charge in [0.25, 0.3) is 0 Å². The van der Waals surface area contributed by atoms with Crippen LogP contribution in [0.1, 0.15) is 24.3 Å². The Morgan fingerprint density at radius 3 is 2.69 bits per heavy atom. The number of hydrogen-bond acceptors (Lipinski definition) is 3. The number of rotatable bonds is 2. The van der Waals surface area contributed by atoms with E-state index >= 15 is 0 Å². The van der Waals surface area contributed by atoms with Gasteiger partial charge in [-0.15, -0.1) is 0 Å². The number of nitrogens with zero attached hydrogens (tertiary/aromatic N) is 1. The quantitative estimate of drug-likeness (QED) is 0.427. The highest BCUT2D eigenvalue weighted by Gasteiger charge is 2.24. The molecule has 0 spiro atoms. The lowest BCUT2D eigenvalue weighted by molar-refractivity contribution is 0.978. The van der Waals surface area contributed by atoms with Gasteiger partial charge in [0, 0.05) is 0 Å². The number of hydrazine groups is 2. The molecule has 1 aromatic rings. The van der Waals surface area contributed by atoms with E-state index < -0.39 is 0 Å². The van der Waals surface area contributed by atoms with Gasteiger partial charge >= 0.3 is 0 Å². The van der Waals surface area contributed by atoms with E-state index in [2.05, 4.69) is 5.43 Å². The SMILES string of the molecule is NNC(=S)N(N)c1ccc(C2CC2)cc1Cl. The van der Waals surface area contributed by atoms with E-state index in [1.54, 1.807) is 0 Å². The molecule has 1 fully saturated rings. The molecule has 1 aliphatic carbocycles. The van der Waals surface area contributed by atoms with Crippen molar-refractivity contribution >= 4 is 34.6 Å². The summed E-state index contributed by atoms with van der Waals surface area (Å²) in [5.74, 6) is 11.6. The highest BCUT2D eigenvalue weighted by molar-refractivity contribution is 7.80. The van der Waals surface area contributed by atoms with Crippen LogP contribution in [0, 0.1) is 0 Å². The molecule has 4 nitrogen and oxygen atoms in total. The first-order valence-corrected chi connectivity index (χ1v) is 5.77. The van der Waals surface area contributed by atoms with Crippen LogP contribution in [-0.4, -0.2) is 5.11 Å². The lowest BCUT2D eigenvalue weighted by atomic mass is 10.1. The molecule has 1 saturated carbocycles. The highest BCUT2D eigenvalue weighted by atomic mass is 35.5. The summed E-state index contributed by atoms with van der Waals surface area (Å²) in [6.45, 7) is 0. The average Bonchev–Trinajstić information content (AvgIpc) is 3.10. The third kappa shape index (κ3) is 2.27. The molecule has 1 aliphatic rings. The Kier molecular flexibility index (Phi) is 3.30. The Bertz CT molecular complexity index is 419. The number of anilines is 1. The zero-order valence-electron chi connectivity index (χ0n) is 8.61. The zero-order valence-corrected chi connectivity index (χ0v) is 10.2. The van der Waals surface area contributed by atoms with Gasteiger partial charge in [0.05, 0.1) is 10.7 Å². The number of thiocarbonyl (C=S) groups is 1. The van der Waals surface area contributed by atoms with Crippen molar-refractivity contribution < 1.29 is 0 Å². The molecular weight excluding hydrogens is 244 g/mol. The highest BCUT2D eigenvalue weighted by Crippen LogP contribution is 2.42. The smallest absolute Gasteiger partial charge is 0.202 e. The van der Waals surface area contributed by atoms with Crippen molar-refractivity contribution in [1.82, 2.24) is 5.43 Å². The van der Waals surface area contributed by atoms with E-state index in [0.29, 0.717) is 16.6 Å². The molecule has 0 radical (unpaired) electrons. The Morgan fingerprint density at radius 1 is 1.50 bits per heavy atom. The molecule has 0 saturated heterocycles. The van der Waals surface area contributed by atoms with Crippen molar-refractivity contribution in [3.05, 3.63) is 28.8 Å². The first-order valence-electron chi connectivity index (χ1n) is 4.98. The summed E-state index contributed by atoms with van der Waals surface area (Å²) in [6, 6.07) is 5.82. The molecule has 0 unspecified atom stereocenters. The fraction of sp³-hybridized carbons (Fsp3) is 0.300. The van der Waals surface area contributed by atoms with Crippen LogP contribution < -0.4 is 22.1 Å². The monoisotopic (exact) mass is 256 g/mol. The summed E-state index contributed by atoms with van der Waals surface area (Å²) >= 11 is 11.1. The van der Waals surface area contributed by atoms with Gasteiger partial charge in [-0.25, -0.2) is 11.7 Å². The standard InChI is InChI=1S/C10H13ClN4S/c11-8-5-7(6-1-2-6)3-4-9(8)15(13)10(16)14-12/h3-6H,1-2,12-13H2,(H,14,16). The summed E-state index contributed by atoms with van der Waals surface area (Å²) in [6.07, 6.45) is 2.48. The van der Waals surface area contributed by atoms with Crippen molar-refractivity contribution in [2.24, 2.45) is 11.7 Å². The van der Waals surface area contributed by atoms with Gasteiger partial charge in [0.1, 0.15) is 0 Å². The molecule has 16 heavy (non-hydrogen) atoms. The topological polar surface area (TPSA) is 67.3 Å². The van der Waals surface area contributed by atoms with E-state index in [-0.39, 0.29) is 5.11 Å². The maximum atomic E-state index is 6.15. The molecule has 0 atom stereocenters. The summed E-state index contributed by atoms with van der Waals surface area (Å²) in [5, 5.41) is 2.07. The maximum Gasteiger partial charge on any atom is 0.202 e. The van der Waals surface area contributed by atoms with Gasteiger partial charge in [-0.1, -0.05) is 17.7 Å². The predicted molar refractivity (Wildman–Crippen MR) is 70.0 cm³/mol. The van der Waals surface area contributed by atoms with E-state index in [4.69, 9.17) is 35.5 Å². The van der Waals surface area contributed by atoms with Crippen molar-refractivity contribution in [2.75, 3.05) is 5.01 Å². The van der Waals surface area contributed by atoms with Crippen LogP contribution >= 0.6 is 23.8 Å². The zero-order chi connectivity index (χ0) is 11.7. The minimum Gasteiger partial charge on any atom is -0.299 e. The van der Waals surface area contributed by atoms with E-state index in [1.807, 2.05) is 18.2 Å². The van der Waals surface area contributed by atoms with E-state index in [9.17, 15) is 0 Å². The number of benzene rings is 1. The Hall–Kier alpha value is -0.880. The number of hydrogen-bond donors (Lipinski definition) is 3. The van der Waals surface area contributed by atoms with Crippen molar-refractivity contribution in [1.29, 1.82) is 0 Å². The summed E-state index contributed by atoms with van der Waals surface area (Å²) in [5.41, 5.74) is 4.22. The van der Waals surface area contributed by atoms with Gasteiger partial charge in [-0.05, 0) is 48.7 Å². The van der Waals surface area contributed by atoms with E-state index in [1.165, 1.54) is 23.4 Å². The number of nitrogens with one attached hydrogen (secondary N) is 1. The van der Waals surface area contributed by atoms with Crippen LogP contribution in [0.4, 0.5) is 5.69 Å². The molecule has 0 bridgehead atoms. The van der Waals surface area contributed by atoms with Crippen LogP contribution in [0.25, 0.3) is 0 Å². The lowest BCUT2D eigenvalue weighted by Crippen LogP contribution is -2.47. The van der Waals surface area contributed by atoms with Crippen molar-refractivity contribution in [3.8, 4) is 0 Å². The Labute approximate surface area is 104 Å². The predicted octanol–water partition coefficient (Wildman–Crippen LogP) is 1.65. The fourth-order valence-corrected chi connectivity index (χ4v) is 1.95. The molecule has 6 heteroatoms. The second-order valence-corrected chi connectivity index (χ2v) is 4.60. The number of halogens is 1. The fourth-order valence-electron chi connectivity index (χ4n) is 1.57. The molecule has 0 aromatic heterocycles. The Morgan fingerprint density at radius 2 is 2.19 bits per heavy atom. The van der Waals surface area contributed by atoms with Crippen LogP contribution in [0.15, 0.2) is 18.2 Å². The molecule has 0 amide bonds.